The van der Waals surface area contributed by atoms with Crippen molar-refractivity contribution in [2.45, 2.75) is 0 Å². The van der Waals surface area contributed by atoms with E-state index in [1.165, 1.54) is 18.2 Å². The molecular formula is C16H14N6O5. The molecule has 1 saturated heterocycles. The Kier molecular flexibility index (Phi) is 4.03. The quantitative estimate of drug-likeness (QED) is 0.501. The largest absolute Gasteiger partial charge is 0.368 e. The number of rotatable bonds is 4. The number of hydrogen-bond donors (Lipinski definition) is 0. The van der Waals surface area contributed by atoms with Crippen LogP contribution in [0.5, 0.6) is 0 Å². The van der Waals surface area contributed by atoms with Crippen LogP contribution in [0.15, 0.2) is 41.0 Å². The van der Waals surface area contributed by atoms with Crippen LogP contribution in [0.25, 0.3) is 11.0 Å². The number of anilines is 2. The van der Waals surface area contributed by atoms with Gasteiger partial charge in [-0.1, -0.05) is 0 Å². The molecule has 0 saturated carbocycles. The predicted octanol–water partition coefficient (Wildman–Crippen LogP) is 2.37. The Morgan fingerprint density at radius 1 is 0.815 bits per heavy atom. The summed E-state index contributed by atoms with van der Waals surface area (Å²) in [5, 5.41) is 29.4. The number of nitro groups is 2. The van der Waals surface area contributed by atoms with Crippen molar-refractivity contribution in [2.75, 3.05) is 36.0 Å². The first kappa shape index (κ1) is 16.7. The fraction of sp³-hybridized carbons (Fsp3) is 0.250. The maximum atomic E-state index is 11.1. The van der Waals surface area contributed by atoms with Gasteiger partial charge in [0.25, 0.3) is 5.69 Å². The van der Waals surface area contributed by atoms with E-state index in [1.807, 2.05) is 0 Å². The Morgan fingerprint density at radius 3 is 2.07 bits per heavy atom. The van der Waals surface area contributed by atoms with Crippen LogP contribution in [0, 0.1) is 20.2 Å². The van der Waals surface area contributed by atoms with Gasteiger partial charge in [0.1, 0.15) is 0 Å². The van der Waals surface area contributed by atoms with Gasteiger partial charge >= 0.3 is 5.69 Å². The number of hydrogen-bond acceptors (Lipinski definition) is 9. The third-order valence-corrected chi connectivity index (χ3v) is 4.62. The number of piperazine rings is 1. The third-order valence-electron chi connectivity index (χ3n) is 4.62. The van der Waals surface area contributed by atoms with Gasteiger partial charge in [-0.05, 0) is 28.5 Å². The molecular weight excluding hydrogens is 356 g/mol. The molecule has 2 aromatic carbocycles. The van der Waals surface area contributed by atoms with Gasteiger partial charge in [0.15, 0.2) is 5.52 Å². The second-order valence-electron chi connectivity index (χ2n) is 6.07. The Labute approximate surface area is 152 Å². The lowest BCUT2D eigenvalue weighted by Gasteiger charge is -2.37. The summed E-state index contributed by atoms with van der Waals surface area (Å²) < 4.78 is 4.71. The summed E-state index contributed by atoms with van der Waals surface area (Å²) in [6.07, 6.45) is 0. The zero-order chi connectivity index (χ0) is 19.0. The SMILES string of the molecule is O=[N+]([O-])c1ccc(N2CCN(c3ccc([N+](=O)[O-])c4nonc34)CC2)cc1. The summed E-state index contributed by atoms with van der Waals surface area (Å²) in [6, 6.07) is 9.51. The number of aromatic nitrogens is 2. The van der Waals surface area contributed by atoms with Crippen molar-refractivity contribution in [3.63, 3.8) is 0 Å². The highest BCUT2D eigenvalue weighted by molar-refractivity contribution is 5.93. The summed E-state index contributed by atoms with van der Waals surface area (Å²) in [4.78, 5) is 25.1. The first-order chi connectivity index (χ1) is 13.0. The second-order valence-corrected chi connectivity index (χ2v) is 6.07. The van der Waals surface area contributed by atoms with Gasteiger partial charge in [0.05, 0.1) is 15.5 Å². The molecule has 138 valence electrons. The first-order valence-electron chi connectivity index (χ1n) is 8.18. The van der Waals surface area contributed by atoms with Gasteiger partial charge in [-0.25, -0.2) is 4.63 Å². The average Bonchev–Trinajstić information content (AvgIpc) is 3.17. The minimum Gasteiger partial charge on any atom is -0.368 e. The van der Waals surface area contributed by atoms with Crippen molar-refractivity contribution >= 4 is 33.8 Å². The lowest BCUT2D eigenvalue weighted by atomic mass is 10.2. The van der Waals surface area contributed by atoms with Crippen molar-refractivity contribution in [3.8, 4) is 0 Å². The van der Waals surface area contributed by atoms with E-state index in [9.17, 15) is 20.2 Å². The zero-order valence-electron chi connectivity index (χ0n) is 14.0. The van der Waals surface area contributed by atoms with Crippen molar-refractivity contribution in [2.24, 2.45) is 0 Å². The highest BCUT2D eigenvalue weighted by atomic mass is 16.6. The van der Waals surface area contributed by atoms with Gasteiger partial charge in [-0.3, -0.25) is 20.2 Å². The number of non-ortho nitro benzene ring substituents is 2. The van der Waals surface area contributed by atoms with Crippen LogP contribution in [0.2, 0.25) is 0 Å². The molecule has 3 aromatic rings. The maximum absolute atomic E-state index is 11.1. The maximum Gasteiger partial charge on any atom is 0.300 e. The van der Waals surface area contributed by atoms with E-state index in [1.54, 1.807) is 18.2 Å². The van der Waals surface area contributed by atoms with Crippen LogP contribution in [0.3, 0.4) is 0 Å². The van der Waals surface area contributed by atoms with Gasteiger partial charge < -0.3 is 9.80 Å². The van der Waals surface area contributed by atoms with Gasteiger partial charge in [0, 0.05) is 50.1 Å². The van der Waals surface area contributed by atoms with Crippen LogP contribution >= 0.6 is 0 Å². The minimum absolute atomic E-state index is 0.0594. The number of benzene rings is 2. The topological polar surface area (TPSA) is 132 Å². The van der Waals surface area contributed by atoms with Gasteiger partial charge in [0.2, 0.25) is 5.52 Å². The van der Waals surface area contributed by atoms with Crippen molar-refractivity contribution in [3.05, 3.63) is 56.6 Å². The van der Waals surface area contributed by atoms with E-state index in [4.69, 9.17) is 4.63 Å². The Bertz CT molecular complexity index is 1010. The van der Waals surface area contributed by atoms with Crippen LogP contribution in [0.1, 0.15) is 0 Å². The average molecular weight is 370 g/mol. The van der Waals surface area contributed by atoms with Crippen LogP contribution < -0.4 is 9.80 Å². The van der Waals surface area contributed by atoms with Crippen LogP contribution in [-0.4, -0.2) is 46.3 Å². The van der Waals surface area contributed by atoms with E-state index in [0.717, 1.165) is 11.4 Å². The second kappa shape index (κ2) is 6.52. The molecule has 0 N–H and O–H groups in total. The molecule has 4 rings (SSSR count). The zero-order valence-corrected chi connectivity index (χ0v) is 14.0. The summed E-state index contributed by atoms with van der Waals surface area (Å²) >= 11 is 0. The molecule has 0 unspecified atom stereocenters. The normalized spacial score (nSPS) is 14.5. The molecule has 0 amide bonds. The number of fused-ring (bicyclic) bond motifs is 1. The first-order valence-corrected chi connectivity index (χ1v) is 8.18. The summed E-state index contributed by atoms with van der Waals surface area (Å²) in [5.41, 5.74) is 2.07. The van der Waals surface area contributed by atoms with Crippen molar-refractivity contribution < 1.29 is 14.5 Å². The molecule has 1 aromatic heterocycles. The van der Waals surface area contributed by atoms with Crippen LogP contribution in [0.4, 0.5) is 22.7 Å². The lowest BCUT2D eigenvalue weighted by Crippen LogP contribution is -2.46. The summed E-state index contributed by atoms with van der Waals surface area (Å²) in [5.74, 6) is 0. The summed E-state index contributed by atoms with van der Waals surface area (Å²) in [6.45, 7) is 2.72. The number of nitrogens with zero attached hydrogens (tertiary/aromatic N) is 6. The summed E-state index contributed by atoms with van der Waals surface area (Å²) in [7, 11) is 0. The smallest absolute Gasteiger partial charge is 0.300 e. The predicted molar refractivity (Wildman–Crippen MR) is 96.0 cm³/mol. The highest BCUT2D eigenvalue weighted by Gasteiger charge is 2.25. The highest BCUT2D eigenvalue weighted by Crippen LogP contribution is 2.32. The minimum atomic E-state index is -0.511. The molecule has 27 heavy (non-hydrogen) atoms. The van der Waals surface area contributed by atoms with E-state index in [2.05, 4.69) is 20.1 Å². The molecule has 0 atom stereocenters. The van der Waals surface area contributed by atoms with Crippen LogP contribution in [-0.2, 0) is 0 Å². The lowest BCUT2D eigenvalue weighted by molar-refractivity contribution is -0.384. The number of nitro benzene ring substituents is 2. The van der Waals surface area contributed by atoms with E-state index in [0.29, 0.717) is 31.7 Å². The third kappa shape index (κ3) is 2.99. The Hall–Kier alpha value is -3.76. The fourth-order valence-electron chi connectivity index (χ4n) is 3.23. The fourth-order valence-corrected chi connectivity index (χ4v) is 3.23. The Morgan fingerprint density at radius 2 is 1.44 bits per heavy atom. The molecule has 1 fully saturated rings. The standard InChI is InChI=1S/C16H14N6O5/c23-21(24)12-3-1-11(2-4-12)19-7-9-20(10-8-19)13-5-6-14(22(25)26)16-15(13)17-27-18-16/h1-6H,7-10H2. The van der Waals surface area contributed by atoms with Crippen molar-refractivity contribution in [1.29, 1.82) is 0 Å². The monoisotopic (exact) mass is 370 g/mol. The van der Waals surface area contributed by atoms with Gasteiger partial charge in [-0.15, -0.1) is 0 Å². The molecule has 0 aliphatic carbocycles. The molecule has 11 heteroatoms. The molecule has 0 bridgehead atoms. The Balaban J connectivity index is 1.52. The molecule has 1 aliphatic heterocycles. The van der Waals surface area contributed by atoms with Gasteiger partial charge in [-0.2, -0.15) is 0 Å². The van der Waals surface area contributed by atoms with Crippen molar-refractivity contribution in [1.82, 2.24) is 10.3 Å². The molecule has 0 radical (unpaired) electrons. The van der Waals surface area contributed by atoms with E-state index in [-0.39, 0.29) is 16.9 Å². The molecule has 1 aliphatic rings. The molecule has 0 spiro atoms. The van der Waals surface area contributed by atoms with E-state index >= 15 is 0 Å². The molecule has 2 heterocycles. The molecule has 11 nitrogen and oxygen atoms in total. The van der Waals surface area contributed by atoms with E-state index < -0.39 is 9.85 Å².